The van der Waals surface area contributed by atoms with Gasteiger partial charge in [0.25, 0.3) is 0 Å². The number of hydrogen-bond donors (Lipinski definition) is 1. The molecule has 0 amide bonds. The minimum Gasteiger partial charge on any atom is -0.466 e. The van der Waals surface area contributed by atoms with Crippen molar-refractivity contribution in [2.24, 2.45) is 0 Å². The van der Waals surface area contributed by atoms with Crippen LogP contribution in [0, 0.1) is 25.5 Å². The first-order valence-corrected chi connectivity index (χ1v) is 5.19. The van der Waals surface area contributed by atoms with Gasteiger partial charge in [-0.05, 0) is 31.0 Å². The number of aliphatic hydroxyl groups excluding tert-OH is 1. The van der Waals surface area contributed by atoms with Crippen molar-refractivity contribution < 1.29 is 18.3 Å². The molecule has 0 radical (unpaired) electrons. The summed E-state index contributed by atoms with van der Waals surface area (Å²) >= 11 is 0. The summed E-state index contributed by atoms with van der Waals surface area (Å²) in [5, 5.41) is 9.96. The zero-order valence-electron chi connectivity index (χ0n) is 9.50. The van der Waals surface area contributed by atoms with Crippen LogP contribution in [0.2, 0.25) is 0 Å². The van der Waals surface area contributed by atoms with E-state index in [0.29, 0.717) is 5.56 Å². The Balaban J connectivity index is 2.48. The number of aliphatic hydroxyl groups is 1. The van der Waals surface area contributed by atoms with Crippen LogP contribution in [-0.4, -0.2) is 5.11 Å². The van der Waals surface area contributed by atoms with Crippen molar-refractivity contribution >= 4 is 0 Å². The fourth-order valence-corrected chi connectivity index (χ4v) is 1.68. The molecule has 1 aromatic carbocycles. The second-order valence-corrected chi connectivity index (χ2v) is 3.97. The molecule has 0 spiro atoms. The molecular weight excluding hydrogens is 226 g/mol. The zero-order chi connectivity index (χ0) is 12.6. The Morgan fingerprint density at radius 1 is 1.06 bits per heavy atom. The molecule has 0 aliphatic heterocycles. The summed E-state index contributed by atoms with van der Waals surface area (Å²) in [6.45, 7) is 3.19. The first-order chi connectivity index (χ1) is 8.02. The average Bonchev–Trinajstić information content (AvgIpc) is 2.72. The van der Waals surface area contributed by atoms with Gasteiger partial charge in [-0.2, -0.15) is 0 Å². The van der Waals surface area contributed by atoms with E-state index in [9.17, 15) is 13.9 Å². The van der Waals surface area contributed by atoms with Gasteiger partial charge in [0, 0.05) is 5.56 Å². The first-order valence-electron chi connectivity index (χ1n) is 5.19. The molecule has 2 rings (SSSR count). The molecule has 0 bridgehead atoms. The standard InChI is InChI=1S/C13H12F2O2/c1-7-3-4-9(11(15)10(7)14)12(16)13-8(2)5-6-17-13/h3-6,12,16H,1-2H3. The van der Waals surface area contributed by atoms with Gasteiger partial charge < -0.3 is 9.52 Å². The quantitative estimate of drug-likeness (QED) is 0.871. The summed E-state index contributed by atoms with van der Waals surface area (Å²) in [7, 11) is 0. The lowest BCUT2D eigenvalue weighted by Crippen LogP contribution is -2.05. The van der Waals surface area contributed by atoms with Crippen LogP contribution >= 0.6 is 0 Å². The number of benzene rings is 1. The summed E-state index contributed by atoms with van der Waals surface area (Å²) in [4.78, 5) is 0. The Morgan fingerprint density at radius 2 is 1.76 bits per heavy atom. The molecule has 0 aliphatic rings. The minimum atomic E-state index is -1.29. The van der Waals surface area contributed by atoms with Crippen molar-refractivity contribution in [1.82, 2.24) is 0 Å². The predicted octanol–water partition coefficient (Wildman–Crippen LogP) is 3.26. The van der Waals surface area contributed by atoms with E-state index in [0.717, 1.165) is 0 Å². The van der Waals surface area contributed by atoms with Crippen LogP contribution in [-0.2, 0) is 0 Å². The van der Waals surface area contributed by atoms with Gasteiger partial charge in [0.1, 0.15) is 11.9 Å². The molecule has 2 nitrogen and oxygen atoms in total. The summed E-state index contributed by atoms with van der Waals surface area (Å²) in [5.41, 5.74) is 0.777. The molecule has 90 valence electrons. The van der Waals surface area contributed by atoms with Gasteiger partial charge >= 0.3 is 0 Å². The van der Waals surface area contributed by atoms with Crippen molar-refractivity contribution in [3.63, 3.8) is 0 Å². The number of rotatable bonds is 2. The molecule has 0 aliphatic carbocycles. The van der Waals surface area contributed by atoms with Crippen molar-refractivity contribution in [2.75, 3.05) is 0 Å². The highest BCUT2D eigenvalue weighted by Crippen LogP contribution is 2.29. The average molecular weight is 238 g/mol. The van der Waals surface area contributed by atoms with E-state index >= 15 is 0 Å². The molecule has 1 atom stereocenters. The van der Waals surface area contributed by atoms with Gasteiger partial charge in [0.15, 0.2) is 11.6 Å². The zero-order valence-corrected chi connectivity index (χ0v) is 9.50. The highest BCUT2D eigenvalue weighted by atomic mass is 19.2. The second kappa shape index (κ2) is 4.30. The largest absolute Gasteiger partial charge is 0.466 e. The third kappa shape index (κ3) is 1.96. The predicted molar refractivity (Wildman–Crippen MR) is 58.6 cm³/mol. The van der Waals surface area contributed by atoms with Crippen molar-refractivity contribution in [1.29, 1.82) is 0 Å². The molecule has 4 heteroatoms. The Labute approximate surface area is 97.5 Å². The Morgan fingerprint density at radius 3 is 2.35 bits per heavy atom. The highest BCUT2D eigenvalue weighted by Gasteiger charge is 2.22. The van der Waals surface area contributed by atoms with Crippen LogP contribution in [0.5, 0.6) is 0 Å². The normalized spacial score (nSPS) is 12.8. The van der Waals surface area contributed by atoms with Crippen LogP contribution < -0.4 is 0 Å². The van der Waals surface area contributed by atoms with E-state index in [1.54, 1.807) is 13.0 Å². The molecule has 1 aromatic heterocycles. The van der Waals surface area contributed by atoms with E-state index in [1.807, 2.05) is 0 Å². The SMILES string of the molecule is Cc1ccoc1C(O)c1ccc(C)c(F)c1F. The van der Waals surface area contributed by atoms with Crippen LogP contribution in [0.15, 0.2) is 28.9 Å². The fraction of sp³-hybridized carbons (Fsp3) is 0.231. The van der Waals surface area contributed by atoms with Gasteiger partial charge in [-0.3, -0.25) is 0 Å². The van der Waals surface area contributed by atoms with E-state index < -0.39 is 17.7 Å². The van der Waals surface area contributed by atoms with Gasteiger partial charge in [0.05, 0.1) is 6.26 Å². The van der Waals surface area contributed by atoms with Crippen LogP contribution in [0.3, 0.4) is 0 Å². The topological polar surface area (TPSA) is 33.4 Å². The Hall–Kier alpha value is -1.68. The van der Waals surface area contributed by atoms with Crippen molar-refractivity contribution in [3.8, 4) is 0 Å². The lowest BCUT2D eigenvalue weighted by molar-refractivity contribution is 0.182. The molecule has 1 unspecified atom stereocenters. The van der Waals surface area contributed by atoms with Crippen LogP contribution in [0.25, 0.3) is 0 Å². The molecule has 0 saturated heterocycles. The van der Waals surface area contributed by atoms with Gasteiger partial charge in [-0.1, -0.05) is 12.1 Å². The van der Waals surface area contributed by atoms with Crippen molar-refractivity contribution in [2.45, 2.75) is 20.0 Å². The number of halogens is 2. The maximum absolute atomic E-state index is 13.7. The summed E-state index contributed by atoms with van der Waals surface area (Å²) < 4.78 is 32.1. The van der Waals surface area contributed by atoms with E-state index in [2.05, 4.69) is 0 Å². The van der Waals surface area contributed by atoms with Crippen LogP contribution in [0.4, 0.5) is 8.78 Å². The lowest BCUT2D eigenvalue weighted by Gasteiger charge is -2.11. The molecule has 0 saturated carbocycles. The lowest BCUT2D eigenvalue weighted by atomic mass is 10.0. The Kier molecular flexibility index (Phi) is 2.98. The Bertz CT molecular complexity index is 546. The number of aryl methyl sites for hydroxylation is 2. The second-order valence-electron chi connectivity index (χ2n) is 3.97. The highest BCUT2D eigenvalue weighted by molar-refractivity contribution is 5.32. The molecule has 1 N–H and O–H groups in total. The minimum absolute atomic E-state index is 0.119. The van der Waals surface area contributed by atoms with Gasteiger partial charge in [0.2, 0.25) is 0 Å². The molecule has 2 aromatic rings. The van der Waals surface area contributed by atoms with E-state index in [-0.39, 0.29) is 16.9 Å². The summed E-state index contributed by atoms with van der Waals surface area (Å²) in [5.74, 6) is -1.74. The molecule has 0 fully saturated rings. The molecular formula is C13H12F2O2. The maximum atomic E-state index is 13.7. The smallest absolute Gasteiger partial charge is 0.165 e. The third-order valence-electron chi connectivity index (χ3n) is 2.75. The third-order valence-corrected chi connectivity index (χ3v) is 2.75. The van der Waals surface area contributed by atoms with Crippen molar-refractivity contribution in [3.05, 3.63) is 58.5 Å². The summed E-state index contributed by atoms with van der Waals surface area (Å²) in [6, 6.07) is 4.44. The maximum Gasteiger partial charge on any atom is 0.165 e. The van der Waals surface area contributed by atoms with Gasteiger partial charge in [-0.25, -0.2) is 8.78 Å². The monoisotopic (exact) mass is 238 g/mol. The number of hydrogen-bond acceptors (Lipinski definition) is 2. The fourth-order valence-electron chi connectivity index (χ4n) is 1.68. The first kappa shape index (κ1) is 11.8. The van der Waals surface area contributed by atoms with Gasteiger partial charge in [-0.15, -0.1) is 0 Å². The molecule has 1 heterocycles. The number of furan rings is 1. The van der Waals surface area contributed by atoms with E-state index in [4.69, 9.17) is 4.42 Å². The molecule has 17 heavy (non-hydrogen) atoms. The van der Waals surface area contributed by atoms with E-state index in [1.165, 1.54) is 25.3 Å². The van der Waals surface area contributed by atoms with Crippen LogP contribution in [0.1, 0.15) is 28.6 Å². The summed E-state index contributed by atoms with van der Waals surface area (Å²) in [6.07, 6.45) is 0.108.